The maximum Gasteiger partial charge on any atom is 0.257 e. The minimum absolute atomic E-state index is 0.185. The van der Waals surface area contributed by atoms with E-state index in [2.05, 4.69) is 30.3 Å². The number of carbonyl (C=O) groups is 2. The number of piperidine rings is 1. The van der Waals surface area contributed by atoms with Crippen LogP contribution in [0.2, 0.25) is 0 Å². The van der Waals surface area contributed by atoms with Gasteiger partial charge in [0.1, 0.15) is 0 Å². The van der Waals surface area contributed by atoms with Gasteiger partial charge in [0, 0.05) is 24.8 Å². The molecule has 2 heterocycles. The lowest BCUT2D eigenvalue weighted by Gasteiger charge is -2.27. The van der Waals surface area contributed by atoms with Gasteiger partial charge >= 0.3 is 0 Å². The lowest BCUT2D eigenvalue weighted by atomic mass is 10.1. The van der Waals surface area contributed by atoms with Crippen molar-refractivity contribution < 1.29 is 9.59 Å². The fourth-order valence-corrected chi connectivity index (χ4v) is 5.16. The molecule has 2 fully saturated rings. The van der Waals surface area contributed by atoms with Gasteiger partial charge in [-0.3, -0.25) is 14.2 Å². The number of amides is 2. The molecular formula is C26H30N6O2S. The summed E-state index contributed by atoms with van der Waals surface area (Å²) in [5.74, 6) is 0.682. The zero-order valence-corrected chi connectivity index (χ0v) is 20.7. The summed E-state index contributed by atoms with van der Waals surface area (Å²) in [7, 11) is 0. The smallest absolute Gasteiger partial charge is 0.257 e. The second-order valence-corrected chi connectivity index (χ2v) is 10.1. The number of thioether (sulfide) groups is 1. The molecule has 1 aliphatic carbocycles. The summed E-state index contributed by atoms with van der Waals surface area (Å²) in [5.41, 5.74) is 2.68. The SMILES string of the molecule is Cc1cccc(NC(=O)c2ccccc2NC(=O)CSc2nnc(N3CCCCC3)n2C2CC2)c1. The Morgan fingerprint density at radius 2 is 1.80 bits per heavy atom. The lowest BCUT2D eigenvalue weighted by molar-refractivity contribution is -0.113. The molecule has 1 saturated heterocycles. The summed E-state index contributed by atoms with van der Waals surface area (Å²) in [6.45, 7) is 4.00. The molecule has 0 bridgehead atoms. The summed E-state index contributed by atoms with van der Waals surface area (Å²) in [4.78, 5) is 28.1. The predicted molar refractivity (Wildman–Crippen MR) is 139 cm³/mol. The van der Waals surface area contributed by atoms with E-state index in [0.717, 1.165) is 48.3 Å². The van der Waals surface area contributed by atoms with E-state index in [-0.39, 0.29) is 17.6 Å². The third-order valence-corrected chi connectivity index (χ3v) is 7.19. The van der Waals surface area contributed by atoms with E-state index in [1.165, 1.54) is 31.0 Å². The Balaban J connectivity index is 1.24. The molecule has 35 heavy (non-hydrogen) atoms. The van der Waals surface area contributed by atoms with Crippen LogP contribution in [0, 0.1) is 6.92 Å². The van der Waals surface area contributed by atoms with Crippen molar-refractivity contribution in [2.75, 3.05) is 34.4 Å². The quantitative estimate of drug-likeness (QED) is 0.437. The average Bonchev–Trinajstić information content (AvgIpc) is 3.62. The van der Waals surface area contributed by atoms with E-state index in [1.807, 2.05) is 31.2 Å². The number of rotatable bonds is 8. The largest absolute Gasteiger partial charge is 0.341 e. The normalized spacial score (nSPS) is 15.6. The molecule has 8 nitrogen and oxygen atoms in total. The van der Waals surface area contributed by atoms with E-state index < -0.39 is 0 Å². The highest BCUT2D eigenvalue weighted by Crippen LogP contribution is 2.41. The summed E-state index contributed by atoms with van der Waals surface area (Å²) in [5, 5.41) is 15.5. The minimum atomic E-state index is -0.265. The molecule has 3 aromatic rings. The Bertz CT molecular complexity index is 1220. The summed E-state index contributed by atoms with van der Waals surface area (Å²) in [6.07, 6.45) is 5.88. The van der Waals surface area contributed by atoms with Crippen LogP contribution in [-0.4, -0.2) is 45.4 Å². The van der Waals surface area contributed by atoms with Gasteiger partial charge in [0.25, 0.3) is 5.91 Å². The number of nitrogens with zero attached hydrogens (tertiary/aromatic N) is 4. The molecule has 2 N–H and O–H groups in total. The van der Waals surface area contributed by atoms with Gasteiger partial charge in [0.15, 0.2) is 5.16 Å². The van der Waals surface area contributed by atoms with E-state index >= 15 is 0 Å². The summed E-state index contributed by atoms with van der Waals surface area (Å²) >= 11 is 1.40. The molecule has 2 aliphatic rings. The van der Waals surface area contributed by atoms with Gasteiger partial charge in [-0.1, -0.05) is 36.0 Å². The fraction of sp³-hybridized carbons (Fsp3) is 0.385. The lowest BCUT2D eigenvalue weighted by Crippen LogP contribution is -2.32. The van der Waals surface area contributed by atoms with Crippen molar-refractivity contribution in [1.82, 2.24) is 14.8 Å². The third kappa shape index (κ3) is 5.67. The second kappa shape index (κ2) is 10.5. The van der Waals surface area contributed by atoms with E-state index in [9.17, 15) is 9.59 Å². The van der Waals surface area contributed by atoms with Crippen LogP contribution in [0.15, 0.2) is 53.7 Å². The van der Waals surface area contributed by atoms with Crippen LogP contribution >= 0.6 is 11.8 Å². The van der Waals surface area contributed by atoms with E-state index in [4.69, 9.17) is 0 Å². The molecule has 0 spiro atoms. The number of carbonyl (C=O) groups excluding carboxylic acids is 2. The molecule has 9 heteroatoms. The number of nitrogens with one attached hydrogen (secondary N) is 2. The van der Waals surface area contributed by atoms with Gasteiger partial charge in [-0.2, -0.15) is 0 Å². The van der Waals surface area contributed by atoms with Crippen LogP contribution in [0.3, 0.4) is 0 Å². The Morgan fingerprint density at radius 3 is 2.57 bits per heavy atom. The van der Waals surface area contributed by atoms with Crippen molar-refractivity contribution in [2.45, 2.75) is 50.2 Å². The van der Waals surface area contributed by atoms with E-state index in [1.54, 1.807) is 24.3 Å². The fourth-order valence-electron chi connectivity index (χ4n) is 4.36. The number of hydrogen-bond donors (Lipinski definition) is 2. The van der Waals surface area contributed by atoms with Crippen molar-refractivity contribution >= 4 is 40.9 Å². The number of anilines is 3. The third-order valence-electron chi connectivity index (χ3n) is 6.25. The maximum absolute atomic E-state index is 12.9. The average molecular weight is 491 g/mol. The van der Waals surface area contributed by atoms with Crippen LogP contribution in [0.4, 0.5) is 17.3 Å². The van der Waals surface area contributed by atoms with Crippen LogP contribution in [0.5, 0.6) is 0 Å². The predicted octanol–water partition coefficient (Wildman–Crippen LogP) is 4.89. The summed E-state index contributed by atoms with van der Waals surface area (Å²) in [6, 6.07) is 15.1. The second-order valence-electron chi connectivity index (χ2n) is 9.14. The van der Waals surface area contributed by atoms with Gasteiger partial charge in [0.2, 0.25) is 11.9 Å². The van der Waals surface area contributed by atoms with Gasteiger partial charge in [0.05, 0.1) is 17.0 Å². The molecule has 1 aromatic heterocycles. The molecule has 5 rings (SSSR count). The zero-order valence-electron chi connectivity index (χ0n) is 19.9. The Morgan fingerprint density at radius 1 is 1.00 bits per heavy atom. The minimum Gasteiger partial charge on any atom is -0.341 e. The van der Waals surface area contributed by atoms with Crippen molar-refractivity contribution in [1.29, 1.82) is 0 Å². The Hall–Kier alpha value is -3.33. The molecule has 1 aliphatic heterocycles. The first-order chi connectivity index (χ1) is 17.1. The monoisotopic (exact) mass is 490 g/mol. The number of aryl methyl sites for hydroxylation is 1. The van der Waals surface area contributed by atoms with Crippen molar-refractivity contribution in [3.8, 4) is 0 Å². The Labute approximate surface area is 209 Å². The van der Waals surface area contributed by atoms with Crippen molar-refractivity contribution in [3.63, 3.8) is 0 Å². The number of hydrogen-bond acceptors (Lipinski definition) is 6. The van der Waals surface area contributed by atoms with Crippen molar-refractivity contribution in [2.24, 2.45) is 0 Å². The van der Waals surface area contributed by atoms with Crippen molar-refractivity contribution in [3.05, 3.63) is 59.7 Å². The zero-order chi connectivity index (χ0) is 24.2. The number of para-hydroxylation sites is 1. The van der Waals surface area contributed by atoms with Crippen LogP contribution in [0.25, 0.3) is 0 Å². The van der Waals surface area contributed by atoms with Gasteiger partial charge < -0.3 is 15.5 Å². The number of benzene rings is 2. The Kier molecular flexibility index (Phi) is 7.03. The summed E-state index contributed by atoms with van der Waals surface area (Å²) < 4.78 is 2.21. The van der Waals surface area contributed by atoms with Crippen LogP contribution in [0.1, 0.15) is 54.1 Å². The molecule has 2 aromatic carbocycles. The highest BCUT2D eigenvalue weighted by Gasteiger charge is 2.32. The highest BCUT2D eigenvalue weighted by molar-refractivity contribution is 7.99. The molecule has 0 unspecified atom stereocenters. The van der Waals surface area contributed by atoms with Gasteiger partial charge in [-0.15, -0.1) is 10.2 Å². The standard InChI is InChI=1S/C26H30N6O2S/c1-18-8-7-9-19(16-18)27-24(34)21-10-3-4-11-22(21)28-23(33)17-35-26-30-29-25(32(26)20-12-13-20)31-14-5-2-6-15-31/h3-4,7-11,16,20H,2,5-6,12-15,17H2,1H3,(H,27,34)(H,28,33). The molecule has 0 radical (unpaired) electrons. The molecule has 182 valence electrons. The number of aromatic nitrogens is 3. The van der Waals surface area contributed by atoms with Crippen LogP contribution in [-0.2, 0) is 4.79 Å². The first kappa shape index (κ1) is 23.4. The first-order valence-electron chi connectivity index (χ1n) is 12.2. The van der Waals surface area contributed by atoms with Gasteiger partial charge in [-0.25, -0.2) is 0 Å². The molecule has 2 amide bonds. The topological polar surface area (TPSA) is 92.2 Å². The molecule has 0 atom stereocenters. The maximum atomic E-state index is 12.9. The first-order valence-corrected chi connectivity index (χ1v) is 13.2. The molecular weight excluding hydrogens is 460 g/mol. The molecule has 1 saturated carbocycles. The van der Waals surface area contributed by atoms with Crippen LogP contribution < -0.4 is 15.5 Å². The van der Waals surface area contributed by atoms with Gasteiger partial charge in [-0.05, 0) is 68.9 Å². The van der Waals surface area contributed by atoms with E-state index in [0.29, 0.717) is 17.3 Å². The highest BCUT2D eigenvalue weighted by atomic mass is 32.2.